The lowest BCUT2D eigenvalue weighted by molar-refractivity contribution is 0.0947. The van der Waals surface area contributed by atoms with Crippen LogP contribution in [0.15, 0.2) is 24.5 Å². The van der Waals surface area contributed by atoms with Crippen LogP contribution in [0.5, 0.6) is 0 Å². The van der Waals surface area contributed by atoms with Crippen LogP contribution in [0.1, 0.15) is 23.1 Å². The Morgan fingerprint density at radius 3 is 2.71 bits per heavy atom. The second-order valence-corrected chi connectivity index (χ2v) is 2.86. The molecular weight excluding hydrogens is 178 g/mol. The van der Waals surface area contributed by atoms with Gasteiger partial charge >= 0.3 is 0 Å². The van der Waals surface area contributed by atoms with Crippen LogP contribution in [0, 0.1) is 6.92 Å². The number of aryl methyl sites for hydroxylation is 1. The van der Waals surface area contributed by atoms with Crippen molar-refractivity contribution < 1.29 is 4.79 Å². The van der Waals surface area contributed by atoms with Crippen molar-refractivity contribution in [2.24, 2.45) is 0 Å². The van der Waals surface area contributed by atoms with Gasteiger partial charge in [-0.05, 0) is 19.4 Å². The summed E-state index contributed by atoms with van der Waals surface area (Å²) < 4.78 is 0. The van der Waals surface area contributed by atoms with Gasteiger partial charge in [0.25, 0.3) is 5.91 Å². The topological polar surface area (TPSA) is 54.9 Å². The van der Waals surface area contributed by atoms with Crippen molar-refractivity contribution in [2.45, 2.75) is 13.8 Å². The van der Waals surface area contributed by atoms with Crippen LogP contribution < -0.4 is 5.32 Å². The zero-order valence-electron chi connectivity index (χ0n) is 8.32. The maximum Gasteiger partial charge on any atom is 0.289 e. The van der Waals surface area contributed by atoms with Crippen LogP contribution in [0.25, 0.3) is 0 Å². The highest BCUT2D eigenvalue weighted by Gasteiger charge is 2.05. The first-order valence-corrected chi connectivity index (χ1v) is 4.42. The molecule has 0 aliphatic rings. The predicted octanol–water partition coefficient (Wildman–Crippen LogP) is 1.09. The standard InChI is InChI=1S/C10H13N3O/c1-3-4-5-11-10(14)9-12-6-8(2)7-13-9/h3-4,6-7H,5H2,1-2H3,(H,11,14)/b4-3+. The zero-order chi connectivity index (χ0) is 10.4. The summed E-state index contributed by atoms with van der Waals surface area (Å²) in [6.07, 6.45) is 6.97. The average molecular weight is 191 g/mol. The molecule has 14 heavy (non-hydrogen) atoms. The van der Waals surface area contributed by atoms with Crippen molar-refractivity contribution in [2.75, 3.05) is 6.54 Å². The summed E-state index contributed by atoms with van der Waals surface area (Å²) in [4.78, 5) is 19.2. The minimum absolute atomic E-state index is 0.208. The number of amides is 1. The summed E-state index contributed by atoms with van der Waals surface area (Å²) >= 11 is 0. The van der Waals surface area contributed by atoms with Crippen LogP contribution >= 0.6 is 0 Å². The molecule has 4 heteroatoms. The molecule has 0 saturated heterocycles. The van der Waals surface area contributed by atoms with E-state index in [1.807, 2.05) is 26.0 Å². The van der Waals surface area contributed by atoms with Crippen LogP contribution in [0.2, 0.25) is 0 Å². The highest BCUT2D eigenvalue weighted by molar-refractivity contribution is 5.90. The Labute approximate surface area is 83.1 Å². The first-order valence-electron chi connectivity index (χ1n) is 4.42. The van der Waals surface area contributed by atoms with Crippen molar-refractivity contribution in [1.29, 1.82) is 0 Å². The van der Waals surface area contributed by atoms with Crippen molar-refractivity contribution in [1.82, 2.24) is 15.3 Å². The molecule has 1 amide bonds. The lowest BCUT2D eigenvalue weighted by Gasteiger charge is -2.00. The van der Waals surface area contributed by atoms with E-state index >= 15 is 0 Å². The van der Waals surface area contributed by atoms with E-state index in [2.05, 4.69) is 15.3 Å². The van der Waals surface area contributed by atoms with Crippen molar-refractivity contribution in [3.8, 4) is 0 Å². The third-order valence-electron chi connectivity index (χ3n) is 1.60. The van der Waals surface area contributed by atoms with Gasteiger partial charge in [0.1, 0.15) is 0 Å². The average Bonchev–Trinajstić information content (AvgIpc) is 2.19. The summed E-state index contributed by atoms with van der Waals surface area (Å²) in [7, 11) is 0. The molecule has 0 bridgehead atoms. The molecule has 0 unspecified atom stereocenters. The molecule has 1 aromatic rings. The largest absolute Gasteiger partial charge is 0.346 e. The Balaban J connectivity index is 2.56. The molecule has 0 aromatic carbocycles. The monoisotopic (exact) mass is 191 g/mol. The number of nitrogens with zero attached hydrogens (tertiary/aromatic N) is 2. The molecule has 1 rings (SSSR count). The summed E-state index contributed by atoms with van der Waals surface area (Å²) in [5.41, 5.74) is 0.940. The first-order chi connectivity index (χ1) is 6.74. The van der Waals surface area contributed by atoms with E-state index in [-0.39, 0.29) is 11.7 Å². The van der Waals surface area contributed by atoms with Gasteiger partial charge in [0.2, 0.25) is 5.82 Å². The number of nitrogens with one attached hydrogen (secondary N) is 1. The molecule has 0 spiro atoms. The molecule has 1 heterocycles. The number of hydrogen-bond donors (Lipinski definition) is 1. The minimum Gasteiger partial charge on any atom is -0.346 e. The first kappa shape index (κ1) is 10.4. The summed E-state index contributed by atoms with van der Waals surface area (Å²) in [6.45, 7) is 4.28. The lowest BCUT2D eigenvalue weighted by atomic mass is 10.4. The van der Waals surface area contributed by atoms with E-state index in [0.717, 1.165) is 5.56 Å². The van der Waals surface area contributed by atoms with Gasteiger partial charge in [-0.15, -0.1) is 0 Å². The highest BCUT2D eigenvalue weighted by Crippen LogP contribution is 1.92. The molecule has 1 N–H and O–H groups in total. The van der Waals surface area contributed by atoms with Crippen LogP contribution in [-0.4, -0.2) is 22.4 Å². The van der Waals surface area contributed by atoms with Gasteiger partial charge in [-0.1, -0.05) is 12.2 Å². The molecule has 4 nitrogen and oxygen atoms in total. The lowest BCUT2D eigenvalue weighted by Crippen LogP contribution is -2.25. The van der Waals surface area contributed by atoms with E-state index in [1.165, 1.54) is 0 Å². The van der Waals surface area contributed by atoms with Crippen LogP contribution in [0.4, 0.5) is 0 Å². The Kier molecular flexibility index (Phi) is 3.79. The van der Waals surface area contributed by atoms with E-state index in [0.29, 0.717) is 6.54 Å². The third kappa shape index (κ3) is 2.97. The molecule has 0 atom stereocenters. The summed E-state index contributed by atoms with van der Waals surface area (Å²) in [6, 6.07) is 0. The van der Waals surface area contributed by atoms with Crippen LogP contribution in [0.3, 0.4) is 0 Å². The maximum atomic E-state index is 11.4. The fraction of sp³-hybridized carbons (Fsp3) is 0.300. The minimum atomic E-state index is -0.247. The van der Waals surface area contributed by atoms with Crippen molar-refractivity contribution >= 4 is 5.91 Å². The number of carbonyl (C=O) groups is 1. The molecular formula is C10H13N3O. The van der Waals surface area contributed by atoms with Gasteiger partial charge < -0.3 is 5.32 Å². The second kappa shape index (κ2) is 5.11. The van der Waals surface area contributed by atoms with E-state index in [4.69, 9.17) is 0 Å². The molecule has 0 aliphatic heterocycles. The van der Waals surface area contributed by atoms with Gasteiger partial charge in [-0.3, -0.25) is 4.79 Å². The normalized spacial score (nSPS) is 10.4. The third-order valence-corrected chi connectivity index (χ3v) is 1.60. The SMILES string of the molecule is C/C=C/CNC(=O)c1ncc(C)cn1. The second-order valence-electron chi connectivity index (χ2n) is 2.86. The number of aromatic nitrogens is 2. The van der Waals surface area contributed by atoms with E-state index in [9.17, 15) is 4.79 Å². The van der Waals surface area contributed by atoms with Crippen molar-refractivity contribution in [3.63, 3.8) is 0 Å². The quantitative estimate of drug-likeness (QED) is 0.728. The molecule has 74 valence electrons. The van der Waals surface area contributed by atoms with Gasteiger partial charge in [-0.25, -0.2) is 9.97 Å². The van der Waals surface area contributed by atoms with E-state index < -0.39 is 0 Å². The zero-order valence-corrected chi connectivity index (χ0v) is 8.32. The molecule has 0 aliphatic carbocycles. The predicted molar refractivity (Wildman–Crippen MR) is 53.9 cm³/mol. The Morgan fingerprint density at radius 2 is 2.14 bits per heavy atom. The highest BCUT2D eigenvalue weighted by atomic mass is 16.2. The number of allylic oxidation sites excluding steroid dienone is 1. The van der Waals surface area contributed by atoms with Gasteiger partial charge in [0, 0.05) is 18.9 Å². The number of carbonyl (C=O) groups excluding carboxylic acids is 1. The summed E-state index contributed by atoms with van der Waals surface area (Å²) in [5.74, 6) is -0.0387. The Bertz CT molecular complexity index is 330. The van der Waals surface area contributed by atoms with E-state index in [1.54, 1.807) is 12.4 Å². The Hall–Kier alpha value is -1.71. The summed E-state index contributed by atoms with van der Waals surface area (Å²) in [5, 5.41) is 2.67. The smallest absolute Gasteiger partial charge is 0.289 e. The molecule has 1 aromatic heterocycles. The van der Waals surface area contributed by atoms with Gasteiger partial charge in [0.15, 0.2) is 0 Å². The molecule has 0 radical (unpaired) electrons. The number of rotatable bonds is 3. The van der Waals surface area contributed by atoms with Gasteiger partial charge in [-0.2, -0.15) is 0 Å². The Morgan fingerprint density at radius 1 is 1.50 bits per heavy atom. The van der Waals surface area contributed by atoms with Gasteiger partial charge in [0.05, 0.1) is 0 Å². The molecule has 0 saturated carbocycles. The van der Waals surface area contributed by atoms with Crippen molar-refractivity contribution in [3.05, 3.63) is 35.9 Å². The fourth-order valence-corrected chi connectivity index (χ4v) is 0.858. The molecule has 0 fully saturated rings. The van der Waals surface area contributed by atoms with Crippen LogP contribution in [-0.2, 0) is 0 Å². The maximum absolute atomic E-state index is 11.4. The number of hydrogen-bond acceptors (Lipinski definition) is 3. The fourth-order valence-electron chi connectivity index (χ4n) is 0.858.